The topological polar surface area (TPSA) is 112 Å². The van der Waals surface area contributed by atoms with Gasteiger partial charge in [-0.05, 0) is 36.8 Å². The maximum atomic E-state index is 12.8. The van der Waals surface area contributed by atoms with Gasteiger partial charge in [-0.15, -0.1) is 12.4 Å². The van der Waals surface area contributed by atoms with E-state index in [2.05, 4.69) is 20.4 Å². The molecule has 0 unspecified atom stereocenters. The molecule has 2 aromatic carbocycles. The molecule has 1 saturated heterocycles. The molecule has 4 rings (SSSR count). The van der Waals surface area contributed by atoms with Crippen LogP contribution in [0.2, 0.25) is 0 Å². The Balaban J connectivity index is 0.00000420. The van der Waals surface area contributed by atoms with E-state index in [0.717, 1.165) is 5.56 Å². The molecule has 3 aromatic rings. The number of carbonyl (C=O) groups excluding carboxylic acids is 3. The lowest BCUT2D eigenvalue weighted by atomic mass is 10.1. The van der Waals surface area contributed by atoms with E-state index in [9.17, 15) is 14.4 Å². The van der Waals surface area contributed by atoms with Crippen molar-refractivity contribution in [3.8, 4) is 0 Å². The van der Waals surface area contributed by atoms with Crippen LogP contribution in [0.25, 0.3) is 0 Å². The van der Waals surface area contributed by atoms with Gasteiger partial charge in [0, 0.05) is 70.3 Å². The first-order valence-corrected chi connectivity index (χ1v) is 12.9. The summed E-state index contributed by atoms with van der Waals surface area (Å²) in [6, 6.07) is 16.9. The molecular weight excluding hydrogens is 520 g/mol. The molecule has 208 valence electrons. The first kappa shape index (κ1) is 29.8. The number of aromatic nitrogens is 2. The first-order chi connectivity index (χ1) is 18.4. The largest absolute Gasteiger partial charge is 0.339 e. The van der Waals surface area contributed by atoms with Crippen LogP contribution >= 0.6 is 12.4 Å². The highest BCUT2D eigenvalue weighted by Gasteiger charge is 2.23. The number of benzene rings is 2. The van der Waals surface area contributed by atoms with Gasteiger partial charge in [-0.25, -0.2) is 0 Å². The minimum atomic E-state index is -0.149. The third-order valence-corrected chi connectivity index (χ3v) is 6.49. The summed E-state index contributed by atoms with van der Waals surface area (Å²) in [5.74, 6) is 0.919. The lowest BCUT2D eigenvalue weighted by Gasteiger charge is -2.34. The van der Waals surface area contributed by atoms with Crippen LogP contribution in [-0.2, 0) is 29.1 Å². The minimum Gasteiger partial charge on any atom is -0.339 e. The standard InChI is InChI=1S/C28H34N6O4.ClH/c1-3-33(19-22-7-5-4-6-8-22)27(36)14-13-26-30-25(31-38-26)20-32-15-17-34(18-16-32)28(37)23-9-11-24(12-10-23)29-21(2)35;/h4-12H,3,13-20H2,1-2H3,(H,29,35);1H. The van der Waals surface area contributed by atoms with Gasteiger partial charge in [-0.2, -0.15) is 4.98 Å². The molecule has 0 bridgehead atoms. The summed E-state index contributed by atoms with van der Waals surface area (Å²) in [7, 11) is 0. The Labute approximate surface area is 234 Å². The van der Waals surface area contributed by atoms with Crippen LogP contribution in [0.15, 0.2) is 59.1 Å². The number of hydrogen-bond acceptors (Lipinski definition) is 7. The molecule has 39 heavy (non-hydrogen) atoms. The second-order valence-electron chi connectivity index (χ2n) is 9.32. The number of hydrogen-bond donors (Lipinski definition) is 1. The quantitative estimate of drug-likeness (QED) is 0.409. The first-order valence-electron chi connectivity index (χ1n) is 12.9. The van der Waals surface area contributed by atoms with Gasteiger partial charge in [0.2, 0.25) is 17.7 Å². The minimum absolute atomic E-state index is 0. The molecular formula is C28H35ClN6O4. The highest BCUT2D eigenvalue weighted by Crippen LogP contribution is 2.15. The van der Waals surface area contributed by atoms with Crippen LogP contribution < -0.4 is 5.32 Å². The number of piperazine rings is 1. The maximum Gasteiger partial charge on any atom is 0.253 e. The summed E-state index contributed by atoms with van der Waals surface area (Å²) < 4.78 is 5.39. The van der Waals surface area contributed by atoms with Crippen LogP contribution in [0.3, 0.4) is 0 Å². The fourth-order valence-corrected chi connectivity index (χ4v) is 4.40. The van der Waals surface area contributed by atoms with Crippen molar-refractivity contribution in [2.24, 2.45) is 0 Å². The second-order valence-corrected chi connectivity index (χ2v) is 9.32. The van der Waals surface area contributed by atoms with E-state index in [4.69, 9.17) is 4.52 Å². The summed E-state index contributed by atoms with van der Waals surface area (Å²) in [6.07, 6.45) is 0.717. The van der Waals surface area contributed by atoms with Gasteiger partial charge < -0.3 is 19.6 Å². The number of anilines is 1. The van der Waals surface area contributed by atoms with Crippen molar-refractivity contribution in [1.82, 2.24) is 24.8 Å². The van der Waals surface area contributed by atoms with E-state index in [1.807, 2.05) is 47.1 Å². The lowest BCUT2D eigenvalue weighted by molar-refractivity contribution is -0.131. The van der Waals surface area contributed by atoms with Crippen LogP contribution in [0, 0.1) is 0 Å². The molecule has 3 amide bonds. The lowest BCUT2D eigenvalue weighted by Crippen LogP contribution is -2.48. The fourth-order valence-electron chi connectivity index (χ4n) is 4.40. The Hall–Kier alpha value is -3.76. The van der Waals surface area contributed by atoms with Crippen molar-refractivity contribution in [3.63, 3.8) is 0 Å². The number of carbonyl (C=O) groups is 3. The fraction of sp³-hybridized carbons (Fsp3) is 0.393. The number of amides is 3. The molecule has 0 aliphatic carbocycles. The van der Waals surface area contributed by atoms with E-state index in [0.29, 0.717) is 81.6 Å². The van der Waals surface area contributed by atoms with Crippen molar-refractivity contribution in [3.05, 3.63) is 77.4 Å². The molecule has 0 spiro atoms. The molecule has 1 N–H and O–H groups in total. The summed E-state index contributed by atoms with van der Waals surface area (Å²) >= 11 is 0. The Kier molecular flexibility index (Phi) is 11.0. The van der Waals surface area contributed by atoms with E-state index in [-0.39, 0.29) is 30.1 Å². The average molecular weight is 555 g/mol. The van der Waals surface area contributed by atoms with Crippen LogP contribution in [0.5, 0.6) is 0 Å². The van der Waals surface area contributed by atoms with Crippen LogP contribution in [0.1, 0.15) is 47.9 Å². The number of rotatable bonds is 10. The van der Waals surface area contributed by atoms with Crippen molar-refractivity contribution in [2.75, 3.05) is 38.0 Å². The molecule has 2 heterocycles. The molecule has 1 aliphatic heterocycles. The summed E-state index contributed by atoms with van der Waals surface area (Å²) in [5.41, 5.74) is 2.36. The van der Waals surface area contributed by atoms with Gasteiger partial charge in [0.15, 0.2) is 5.82 Å². The van der Waals surface area contributed by atoms with Crippen LogP contribution in [0.4, 0.5) is 5.69 Å². The Bertz CT molecular complexity index is 1230. The SMILES string of the molecule is CCN(Cc1ccccc1)C(=O)CCc1nc(CN2CCN(C(=O)c3ccc(NC(C)=O)cc3)CC2)no1.Cl. The summed E-state index contributed by atoms with van der Waals surface area (Å²) in [5, 5.41) is 6.79. The molecule has 1 fully saturated rings. The molecule has 0 atom stereocenters. The normalized spacial score (nSPS) is 13.4. The number of aryl methyl sites for hydroxylation is 1. The highest BCUT2D eigenvalue weighted by atomic mass is 35.5. The molecule has 1 aliphatic rings. The molecule has 11 heteroatoms. The maximum absolute atomic E-state index is 12.8. The average Bonchev–Trinajstić information content (AvgIpc) is 3.38. The van der Waals surface area contributed by atoms with Crippen LogP contribution in [-0.4, -0.2) is 75.3 Å². The van der Waals surface area contributed by atoms with Gasteiger partial charge in [0.25, 0.3) is 5.91 Å². The number of nitrogens with one attached hydrogen (secondary N) is 1. The van der Waals surface area contributed by atoms with Crippen molar-refractivity contribution >= 4 is 35.8 Å². The van der Waals surface area contributed by atoms with Gasteiger partial charge in [-0.1, -0.05) is 35.5 Å². The van der Waals surface area contributed by atoms with Gasteiger partial charge in [-0.3, -0.25) is 19.3 Å². The third kappa shape index (κ3) is 8.62. The summed E-state index contributed by atoms with van der Waals surface area (Å²) in [4.78, 5) is 47.0. The molecule has 0 saturated carbocycles. The van der Waals surface area contributed by atoms with E-state index in [1.165, 1.54) is 6.92 Å². The highest BCUT2D eigenvalue weighted by molar-refractivity contribution is 5.95. The van der Waals surface area contributed by atoms with E-state index < -0.39 is 0 Å². The zero-order valence-electron chi connectivity index (χ0n) is 22.3. The van der Waals surface area contributed by atoms with Gasteiger partial charge in [0.05, 0.1) is 6.54 Å². The van der Waals surface area contributed by atoms with Crippen molar-refractivity contribution in [2.45, 2.75) is 39.8 Å². The zero-order valence-corrected chi connectivity index (χ0v) is 23.2. The van der Waals surface area contributed by atoms with Crippen molar-refractivity contribution in [1.29, 1.82) is 0 Å². The van der Waals surface area contributed by atoms with E-state index >= 15 is 0 Å². The third-order valence-electron chi connectivity index (χ3n) is 6.49. The Morgan fingerprint density at radius 2 is 1.69 bits per heavy atom. The number of nitrogens with zero attached hydrogens (tertiary/aromatic N) is 5. The number of halogens is 1. The predicted molar refractivity (Wildman–Crippen MR) is 149 cm³/mol. The second kappa shape index (κ2) is 14.4. The molecule has 0 radical (unpaired) electrons. The summed E-state index contributed by atoms with van der Waals surface area (Å²) in [6.45, 7) is 7.76. The van der Waals surface area contributed by atoms with Gasteiger partial charge in [0.1, 0.15) is 0 Å². The Morgan fingerprint density at radius 3 is 2.33 bits per heavy atom. The Morgan fingerprint density at radius 1 is 1.00 bits per heavy atom. The zero-order chi connectivity index (χ0) is 26.9. The monoisotopic (exact) mass is 554 g/mol. The van der Waals surface area contributed by atoms with Gasteiger partial charge >= 0.3 is 0 Å². The molecule has 10 nitrogen and oxygen atoms in total. The smallest absolute Gasteiger partial charge is 0.253 e. The molecule has 1 aromatic heterocycles. The predicted octanol–water partition coefficient (Wildman–Crippen LogP) is 3.39. The van der Waals surface area contributed by atoms with Crippen molar-refractivity contribution < 1.29 is 18.9 Å². The van der Waals surface area contributed by atoms with E-state index in [1.54, 1.807) is 24.3 Å².